The SMILES string of the molecule is CCCCCCCCCCCCCCCC(=O)OC[C@H](COP(=O)(O)OC1[C@H](O)[C@H](O)C(O)[C@H](O)[C@H]1O)OC(=O)CCCCCCCCCCC. The van der Waals surface area contributed by atoms with Gasteiger partial charge in [0.15, 0.2) is 6.10 Å². The molecule has 0 aromatic carbocycles. The number of carbonyl (C=O) groups is 2. The summed E-state index contributed by atoms with van der Waals surface area (Å²) in [5.41, 5.74) is 0. The highest BCUT2D eigenvalue weighted by atomic mass is 31.2. The summed E-state index contributed by atoms with van der Waals surface area (Å²) in [6, 6.07) is 0. The Kier molecular flexibility index (Phi) is 27.4. The normalized spacial score (nSPS) is 23.8. The lowest BCUT2D eigenvalue weighted by molar-refractivity contribution is -0.220. The zero-order valence-electron chi connectivity index (χ0n) is 31.4. The van der Waals surface area contributed by atoms with E-state index in [1.165, 1.54) is 83.5 Å². The van der Waals surface area contributed by atoms with E-state index >= 15 is 0 Å². The van der Waals surface area contributed by atoms with Crippen LogP contribution in [0.1, 0.15) is 168 Å². The summed E-state index contributed by atoms with van der Waals surface area (Å²) in [7, 11) is -5.10. The molecule has 1 aliphatic rings. The second-order valence-electron chi connectivity index (χ2n) is 14.2. The molecule has 1 fully saturated rings. The molecule has 0 aromatic heterocycles. The minimum atomic E-state index is -5.10. The Balaban J connectivity index is 2.51. The summed E-state index contributed by atoms with van der Waals surface area (Å²) in [6.07, 6.45) is 11.9. The molecule has 0 saturated heterocycles. The van der Waals surface area contributed by atoms with Gasteiger partial charge in [-0.25, -0.2) is 4.57 Å². The van der Waals surface area contributed by atoms with Gasteiger partial charge in [-0.15, -0.1) is 0 Å². The number of rotatable bonds is 32. The lowest BCUT2D eigenvalue weighted by Gasteiger charge is -2.41. The van der Waals surface area contributed by atoms with Gasteiger partial charge in [0.1, 0.15) is 43.2 Å². The number of ether oxygens (including phenoxy) is 2. The van der Waals surface area contributed by atoms with Crippen LogP contribution in [0.5, 0.6) is 0 Å². The van der Waals surface area contributed by atoms with E-state index in [1.54, 1.807) is 0 Å². The van der Waals surface area contributed by atoms with Crippen LogP contribution in [0, 0.1) is 0 Å². The first-order valence-electron chi connectivity index (χ1n) is 19.8. The Morgan fingerprint density at radius 2 is 0.882 bits per heavy atom. The van der Waals surface area contributed by atoms with Crippen LogP contribution in [0.3, 0.4) is 0 Å². The van der Waals surface area contributed by atoms with Crippen LogP contribution in [0.2, 0.25) is 0 Å². The van der Waals surface area contributed by atoms with Crippen LogP contribution in [-0.2, 0) is 32.7 Å². The van der Waals surface area contributed by atoms with Crippen molar-refractivity contribution >= 4 is 19.8 Å². The van der Waals surface area contributed by atoms with Crippen LogP contribution in [0.15, 0.2) is 0 Å². The van der Waals surface area contributed by atoms with Gasteiger partial charge >= 0.3 is 19.8 Å². The molecule has 0 amide bonds. The van der Waals surface area contributed by atoms with Gasteiger partial charge in [0.05, 0.1) is 6.61 Å². The zero-order valence-corrected chi connectivity index (χ0v) is 32.3. The Labute approximate surface area is 306 Å². The molecular weight excluding hydrogens is 683 g/mol. The van der Waals surface area contributed by atoms with Crippen LogP contribution in [0.4, 0.5) is 0 Å². The average molecular weight is 755 g/mol. The topological polar surface area (TPSA) is 210 Å². The molecule has 8 atom stereocenters. The van der Waals surface area contributed by atoms with Crippen molar-refractivity contribution in [1.29, 1.82) is 0 Å². The van der Waals surface area contributed by atoms with Crippen LogP contribution in [0.25, 0.3) is 0 Å². The minimum Gasteiger partial charge on any atom is -0.462 e. The predicted molar refractivity (Wildman–Crippen MR) is 194 cm³/mol. The summed E-state index contributed by atoms with van der Waals surface area (Å²) in [4.78, 5) is 35.4. The van der Waals surface area contributed by atoms with Crippen LogP contribution < -0.4 is 0 Å². The van der Waals surface area contributed by atoms with E-state index in [9.17, 15) is 44.6 Å². The van der Waals surface area contributed by atoms with Crippen molar-refractivity contribution in [1.82, 2.24) is 0 Å². The van der Waals surface area contributed by atoms with Crippen molar-refractivity contribution in [3.63, 3.8) is 0 Å². The van der Waals surface area contributed by atoms with E-state index in [2.05, 4.69) is 13.8 Å². The molecule has 1 aliphatic carbocycles. The zero-order chi connectivity index (χ0) is 37.9. The monoisotopic (exact) mass is 754 g/mol. The van der Waals surface area contributed by atoms with Gasteiger partial charge in [-0.3, -0.25) is 18.6 Å². The maximum atomic E-state index is 12.7. The number of esters is 2. The molecule has 1 saturated carbocycles. The molecule has 13 nitrogen and oxygen atoms in total. The summed E-state index contributed by atoms with van der Waals surface area (Å²) >= 11 is 0. The Morgan fingerprint density at radius 3 is 1.29 bits per heavy atom. The number of aliphatic hydroxyl groups is 5. The van der Waals surface area contributed by atoms with Gasteiger partial charge in [-0.1, -0.05) is 142 Å². The summed E-state index contributed by atoms with van der Waals surface area (Å²) in [5.74, 6) is -1.09. The quantitative estimate of drug-likeness (QED) is 0.0258. The standard InChI is InChI=1S/C37H71O13P/c1-3-5-7-9-11-13-14-15-16-18-19-21-23-25-30(38)47-27-29(49-31(39)26-24-22-20-17-12-10-8-6-4-2)28-48-51(45,46)50-37-35(43)33(41)32(40)34(42)36(37)44/h29,32-37,40-44H,3-28H2,1-2H3,(H,45,46)/t29-,32?,33-,34+,35-,36-,37?/m1/s1. The smallest absolute Gasteiger partial charge is 0.462 e. The first-order chi connectivity index (χ1) is 24.4. The van der Waals surface area contributed by atoms with Gasteiger partial charge in [-0.05, 0) is 12.8 Å². The number of phosphoric acid groups is 1. The van der Waals surface area contributed by atoms with E-state index in [0.29, 0.717) is 12.8 Å². The second-order valence-corrected chi connectivity index (χ2v) is 15.6. The van der Waals surface area contributed by atoms with Crippen LogP contribution in [-0.4, -0.2) is 98.3 Å². The molecule has 0 bridgehead atoms. The third-order valence-corrected chi connectivity index (χ3v) is 10.4. The number of unbranched alkanes of at least 4 members (excludes halogenated alkanes) is 20. The van der Waals surface area contributed by atoms with Gasteiger partial charge in [0, 0.05) is 12.8 Å². The van der Waals surface area contributed by atoms with E-state index in [1.807, 2.05) is 0 Å². The Morgan fingerprint density at radius 1 is 0.529 bits per heavy atom. The molecule has 0 spiro atoms. The van der Waals surface area contributed by atoms with Crippen molar-refractivity contribution in [3.05, 3.63) is 0 Å². The fourth-order valence-corrected chi connectivity index (χ4v) is 7.14. The maximum Gasteiger partial charge on any atom is 0.472 e. The van der Waals surface area contributed by atoms with E-state index in [4.69, 9.17) is 18.5 Å². The van der Waals surface area contributed by atoms with Gasteiger partial charge in [0.25, 0.3) is 0 Å². The molecule has 1 rings (SSSR count). The van der Waals surface area contributed by atoms with Crippen molar-refractivity contribution in [3.8, 4) is 0 Å². The number of carbonyl (C=O) groups excluding carboxylic acids is 2. The van der Waals surface area contributed by atoms with E-state index < -0.39 is 75.7 Å². The second kappa shape index (κ2) is 29.2. The molecular formula is C37H71O13P. The number of phosphoric ester groups is 1. The molecule has 0 radical (unpaired) electrons. The molecule has 0 heterocycles. The highest BCUT2D eigenvalue weighted by Crippen LogP contribution is 2.47. The van der Waals surface area contributed by atoms with Crippen molar-refractivity contribution in [2.45, 2.75) is 211 Å². The van der Waals surface area contributed by atoms with Gasteiger partial charge in [0.2, 0.25) is 0 Å². The predicted octanol–water partition coefficient (Wildman–Crippen LogP) is 6.16. The summed E-state index contributed by atoms with van der Waals surface area (Å²) < 4.78 is 33.3. The Hall–Kier alpha value is -1.15. The fraction of sp³-hybridized carbons (Fsp3) is 0.946. The van der Waals surface area contributed by atoms with Crippen molar-refractivity contribution < 1.29 is 63.1 Å². The largest absolute Gasteiger partial charge is 0.472 e. The highest BCUT2D eigenvalue weighted by Gasteiger charge is 2.51. The fourth-order valence-electron chi connectivity index (χ4n) is 6.17. The lowest BCUT2D eigenvalue weighted by atomic mass is 9.85. The number of aliphatic hydroxyl groups excluding tert-OH is 5. The summed E-state index contributed by atoms with van der Waals surface area (Å²) in [6.45, 7) is 3.24. The molecule has 3 unspecified atom stereocenters. The number of hydrogen-bond donors (Lipinski definition) is 6. The maximum absolute atomic E-state index is 12.7. The molecule has 6 N–H and O–H groups in total. The van der Waals surface area contributed by atoms with E-state index in [0.717, 1.165) is 44.9 Å². The molecule has 302 valence electrons. The van der Waals surface area contributed by atoms with Gasteiger partial charge in [-0.2, -0.15) is 0 Å². The minimum absolute atomic E-state index is 0.102. The number of hydrogen-bond acceptors (Lipinski definition) is 12. The van der Waals surface area contributed by atoms with Gasteiger partial charge < -0.3 is 39.9 Å². The molecule has 0 aromatic rings. The third-order valence-electron chi connectivity index (χ3n) is 9.45. The van der Waals surface area contributed by atoms with Crippen molar-refractivity contribution in [2.24, 2.45) is 0 Å². The van der Waals surface area contributed by atoms with E-state index in [-0.39, 0.29) is 12.8 Å². The molecule has 14 heteroatoms. The van der Waals surface area contributed by atoms with Crippen molar-refractivity contribution in [2.75, 3.05) is 13.2 Å². The lowest BCUT2D eigenvalue weighted by Crippen LogP contribution is -2.64. The highest BCUT2D eigenvalue weighted by molar-refractivity contribution is 7.47. The molecule has 0 aliphatic heterocycles. The third kappa shape index (κ3) is 22.6. The summed E-state index contributed by atoms with van der Waals surface area (Å²) in [5, 5.41) is 49.9. The average Bonchev–Trinajstić information content (AvgIpc) is 3.10. The first-order valence-corrected chi connectivity index (χ1v) is 21.3. The first kappa shape index (κ1) is 47.9. The molecule has 51 heavy (non-hydrogen) atoms. The van der Waals surface area contributed by atoms with Crippen LogP contribution >= 0.6 is 7.82 Å². The Bertz CT molecular complexity index is 922.